The van der Waals surface area contributed by atoms with E-state index in [9.17, 15) is 14.4 Å². The van der Waals surface area contributed by atoms with Crippen molar-refractivity contribution in [1.29, 1.82) is 0 Å². The molecule has 0 radical (unpaired) electrons. The van der Waals surface area contributed by atoms with E-state index in [1.54, 1.807) is 24.3 Å². The molecule has 2 rings (SSSR count). The Bertz CT molecular complexity index is 590. The van der Waals surface area contributed by atoms with Crippen LogP contribution in [-0.2, 0) is 14.4 Å². The number of carboxylic acids is 1. The standard InChI is InChI=1S/C14H15ClN2O4/c1-8(14(20)21)16-13(19)9-6-12(18)17(7-9)11-5-3-2-4-10(11)15/h2-5,8-9H,6-7H2,1H3,(H,16,19)(H,20,21)/t8-,9+/m0/s1. The van der Waals surface area contributed by atoms with Crippen molar-refractivity contribution in [2.45, 2.75) is 19.4 Å². The van der Waals surface area contributed by atoms with Crippen LogP contribution in [0.25, 0.3) is 0 Å². The van der Waals surface area contributed by atoms with Gasteiger partial charge in [0.2, 0.25) is 11.8 Å². The predicted octanol–water partition coefficient (Wildman–Crippen LogP) is 1.28. The van der Waals surface area contributed by atoms with Crippen LogP contribution in [0.2, 0.25) is 5.02 Å². The summed E-state index contributed by atoms with van der Waals surface area (Å²) in [6.07, 6.45) is 0.0450. The second kappa shape index (κ2) is 6.13. The van der Waals surface area contributed by atoms with Gasteiger partial charge in [-0.15, -0.1) is 0 Å². The van der Waals surface area contributed by atoms with Crippen molar-refractivity contribution in [3.63, 3.8) is 0 Å². The van der Waals surface area contributed by atoms with Crippen LogP contribution < -0.4 is 10.2 Å². The zero-order chi connectivity index (χ0) is 15.6. The molecule has 1 saturated heterocycles. The van der Waals surface area contributed by atoms with Gasteiger partial charge in [0.1, 0.15) is 6.04 Å². The van der Waals surface area contributed by atoms with Crippen LogP contribution in [0.1, 0.15) is 13.3 Å². The van der Waals surface area contributed by atoms with E-state index < -0.39 is 23.8 Å². The third-order valence-corrected chi connectivity index (χ3v) is 3.69. The number of nitrogens with zero attached hydrogens (tertiary/aromatic N) is 1. The zero-order valence-electron chi connectivity index (χ0n) is 11.4. The van der Waals surface area contributed by atoms with Crippen LogP contribution in [0.4, 0.5) is 5.69 Å². The number of halogens is 1. The summed E-state index contributed by atoms with van der Waals surface area (Å²) < 4.78 is 0. The van der Waals surface area contributed by atoms with Gasteiger partial charge in [0.25, 0.3) is 0 Å². The maximum Gasteiger partial charge on any atom is 0.325 e. The number of carboxylic acid groups (broad SMARTS) is 1. The number of benzene rings is 1. The molecular weight excluding hydrogens is 296 g/mol. The lowest BCUT2D eigenvalue weighted by atomic mass is 10.1. The maximum absolute atomic E-state index is 12.0. The first kappa shape index (κ1) is 15.3. The van der Waals surface area contributed by atoms with Gasteiger partial charge in [0.05, 0.1) is 16.6 Å². The molecule has 1 aromatic rings. The summed E-state index contributed by atoms with van der Waals surface area (Å²) >= 11 is 6.05. The quantitative estimate of drug-likeness (QED) is 0.877. The number of anilines is 1. The number of rotatable bonds is 4. The molecule has 6 nitrogen and oxygen atoms in total. The summed E-state index contributed by atoms with van der Waals surface area (Å²) in [5, 5.41) is 11.6. The van der Waals surface area contributed by atoms with Crippen LogP contribution >= 0.6 is 11.6 Å². The minimum atomic E-state index is -1.12. The fourth-order valence-electron chi connectivity index (χ4n) is 2.18. The number of aliphatic carboxylic acids is 1. The third kappa shape index (κ3) is 3.33. The Hall–Kier alpha value is -2.08. The minimum Gasteiger partial charge on any atom is -0.480 e. The second-order valence-electron chi connectivity index (χ2n) is 4.93. The molecular formula is C14H15ClN2O4. The Morgan fingerprint density at radius 3 is 2.71 bits per heavy atom. The van der Waals surface area contributed by atoms with Crippen molar-refractivity contribution in [2.24, 2.45) is 5.92 Å². The molecule has 2 amide bonds. The van der Waals surface area contributed by atoms with Gasteiger partial charge in [-0.1, -0.05) is 23.7 Å². The van der Waals surface area contributed by atoms with Crippen LogP contribution in [0.3, 0.4) is 0 Å². The van der Waals surface area contributed by atoms with Gasteiger partial charge in [-0.05, 0) is 19.1 Å². The summed E-state index contributed by atoms with van der Waals surface area (Å²) in [6.45, 7) is 1.57. The van der Waals surface area contributed by atoms with Crippen LogP contribution in [-0.4, -0.2) is 35.5 Å². The highest BCUT2D eigenvalue weighted by Crippen LogP contribution is 2.30. The molecule has 1 aromatic carbocycles. The molecule has 21 heavy (non-hydrogen) atoms. The van der Waals surface area contributed by atoms with Crippen molar-refractivity contribution >= 4 is 35.1 Å². The van der Waals surface area contributed by atoms with E-state index in [-0.39, 0.29) is 18.9 Å². The van der Waals surface area contributed by atoms with Gasteiger partial charge in [0.15, 0.2) is 0 Å². The van der Waals surface area contributed by atoms with Gasteiger partial charge in [-0.2, -0.15) is 0 Å². The average Bonchev–Trinajstić information content (AvgIpc) is 2.81. The molecule has 1 aliphatic heterocycles. The molecule has 112 valence electrons. The van der Waals surface area contributed by atoms with E-state index >= 15 is 0 Å². The van der Waals surface area contributed by atoms with Crippen molar-refractivity contribution < 1.29 is 19.5 Å². The molecule has 1 heterocycles. The van der Waals surface area contributed by atoms with Crippen LogP contribution in [0.15, 0.2) is 24.3 Å². The molecule has 0 aliphatic carbocycles. The van der Waals surface area contributed by atoms with Crippen LogP contribution in [0.5, 0.6) is 0 Å². The number of hydrogen-bond donors (Lipinski definition) is 2. The van der Waals surface area contributed by atoms with Gasteiger partial charge in [-0.25, -0.2) is 0 Å². The SMILES string of the molecule is C[C@H](NC(=O)[C@@H]1CC(=O)N(c2ccccc2Cl)C1)C(=O)O. The van der Waals surface area contributed by atoms with Gasteiger partial charge < -0.3 is 15.3 Å². The van der Waals surface area contributed by atoms with Gasteiger partial charge >= 0.3 is 5.97 Å². The predicted molar refractivity (Wildman–Crippen MR) is 77.2 cm³/mol. The third-order valence-electron chi connectivity index (χ3n) is 3.37. The lowest BCUT2D eigenvalue weighted by molar-refractivity contribution is -0.141. The molecule has 0 saturated carbocycles. The maximum atomic E-state index is 12.0. The summed E-state index contributed by atoms with van der Waals surface area (Å²) in [7, 11) is 0. The smallest absolute Gasteiger partial charge is 0.325 e. The van der Waals surface area contributed by atoms with E-state index in [0.717, 1.165) is 0 Å². The Labute approximate surface area is 126 Å². The van der Waals surface area contributed by atoms with E-state index in [1.165, 1.54) is 11.8 Å². The highest BCUT2D eigenvalue weighted by molar-refractivity contribution is 6.33. The minimum absolute atomic E-state index is 0.0450. The Balaban J connectivity index is 2.08. The van der Waals surface area contributed by atoms with Crippen molar-refractivity contribution in [3.05, 3.63) is 29.3 Å². The Morgan fingerprint density at radius 2 is 2.10 bits per heavy atom. The van der Waals surface area contributed by atoms with Crippen molar-refractivity contribution in [1.82, 2.24) is 5.32 Å². The first-order chi connectivity index (χ1) is 9.90. The fourth-order valence-corrected chi connectivity index (χ4v) is 2.42. The number of amides is 2. The average molecular weight is 311 g/mol. The molecule has 2 atom stereocenters. The number of carbonyl (C=O) groups excluding carboxylic acids is 2. The number of nitrogens with one attached hydrogen (secondary N) is 1. The van der Waals surface area contributed by atoms with E-state index in [1.807, 2.05) is 0 Å². The summed E-state index contributed by atoms with van der Waals surface area (Å²) in [5.74, 6) is -2.33. The fraction of sp³-hybridized carbons (Fsp3) is 0.357. The largest absolute Gasteiger partial charge is 0.480 e. The normalized spacial score (nSPS) is 19.4. The molecule has 0 bridgehead atoms. The summed E-state index contributed by atoms with van der Waals surface area (Å²) in [6, 6.07) is 5.91. The topological polar surface area (TPSA) is 86.7 Å². The highest BCUT2D eigenvalue weighted by atomic mass is 35.5. The monoisotopic (exact) mass is 310 g/mol. The Morgan fingerprint density at radius 1 is 1.43 bits per heavy atom. The van der Waals surface area contributed by atoms with E-state index in [2.05, 4.69) is 5.32 Å². The molecule has 0 spiro atoms. The molecule has 2 N–H and O–H groups in total. The van der Waals surface area contributed by atoms with Crippen LogP contribution in [0, 0.1) is 5.92 Å². The van der Waals surface area contributed by atoms with Gasteiger partial charge in [-0.3, -0.25) is 14.4 Å². The highest BCUT2D eigenvalue weighted by Gasteiger charge is 2.36. The molecule has 0 unspecified atom stereocenters. The summed E-state index contributed by atoms with van der Waals surface area (Å²) in [4.78, 5) is 36.2. The zero-order valence-corrected chi connectivity index (χ0v) is 12.1. The second-order valence-corrected chi connectivity index (χ2v) is 5.33. The summed E-state index contributed by atoms with van der Waals surface area (Å²) in [5.41, 5.74) is 0.561. The molecule has 1 fully saturated rings. The van der Waals surface area contributed by atoms with Crippen molar-refractivity contribution in [3.8, 4) is 0 Å². The van der Waals surface area contributed by atoms with Crippen molar-refractivity contribution in [2.75, 3.05) is 11.4 Å². The van der Waals surface area contributed by atoms with E-state index in [4.69, 9.17) is 16.7 Å². The first-order valence-electron chi connectivity index (χ1n) is 6.48. The lowest BCUT2D eigenvalue weighted by Crippen LogP contribution is -2.42. The lowest BCUT2D eigenvalue weighted by Gasteiger charge is -2.18. The molecule has 1 aliphatic rings. The number of para-hydroxylation sites is 1. The molecule has 0 aromatic heterocycles. The Kier molecular flexibility index (Phi) is 4.47. The van der Waals surface area contributed by atoms with E-state index in [0.29, 0.717) is 10.7 Å². The molecule has 7 heteroatoms. The number of hydrogen-bond acceptors (Lipinski definition) is 3. The van der Waals surface area contributed by atoms with Gasteiger partial charge in [0, 0.05) is 13.0 Å². The first-order valence-corrected chi connectivity index (χ1v) is 6.86. The number of carbonyl (C=O) groups is 3.